The maximum atomic E-state index is 13.6. The molecule has 0 unspecified atom stereocenters. The number of ether oxygens (including phenoxy) is 2. The van der Waals surface area contributed by atoms with Gasteiger partial charge in [-0.2, -0.15) is 0 Å². The average molecular weight is 673 g/mol. The second-order valence-electron chi connectivity index (χ2n) is 11.3. The molecule has 2 aliphatic rings. The summed E-state index contributed by atoms with van der Waals surface area (Å²) in [5.74, 6) is -3.78. The van der Waals surface area contributed by atoms with Crippen LogP contribution in [0.25, 0.3) is 0 Å². The Hall–Kier alpha value is -4.31. The number of amides is 2. The molecule has 47 heavy (non-hydrogen) atoms. The van der Waals surface area contributed by atoms with Crippen molar-refractivity contribution in [1.29, 1.82) is 0 Å². The normalized spacial score (nSPS) is 23.4. The van der Waals surface area contributed by atoms with Crippen LogP contribution in [0.3, 0.4) is 0 Å². The molecule has 15 heteroatoms. The molecule has 2 fully saturated rings. The molecule has 0 spiro atoms. The molecule has 2 heterocycles. The first kappa shape index (κ1) is 34.0. The van der Waals surface area contributed by atoms with E-state index in [1.54, 1.807) is 12.1 Å². The minimum atomic E-state index is -1.97. The van der Waals surface area contributed by atoms with E-state index in [1.807, 2.05) is 12.1 Å². The summed E-state index contributed by atoms with van der Waals surface area (Å²) in [6.45, 7) is 3.58. The summed E-state index contributed by atoms with van der Waals surface area (Å²) >= 11 is 6.33. The van der Waals surface area contributed by atoms with Crippen LogP contribution in [0.5, 0.6) is 5.75 Å². The molecule has 0 aliphatic carbocycles. The Morgan fingerprint density at radius 1 is 0.872 bits per heavy atom. The van der Waals surface area contributed by atoms with Crippen LogP contribution in [0.15, 0.2) is 60.7 Å². The quantitative estimate of drug-likeness (QED) is 0.207. The number of aliphatic hydroxyl groups is 3. The Kier molecular flexibility index (Phi) is 10.6. The number of hydrogen-bond donors (Lipinski definition) is 6. The van der Waals surface area contributed by atoms with Crippen LogP contribution in [0.2, 0.25) is 5.02 Å². The van der Waals surface area contributed by atoms with E-state index in [2.05, 4.69) is 27.5 Å². The van der Waals surface area contributed by atoms with Gasteiger partial charge < -0.3 is 50.3 Å². The number of nitrogens with one attached hydrogen (secondary N) is 2. The van der Waals surface area contributed by atoms with E-state index in [-0.39, 0.29) is 33.3 Å². The zero-order chi connectivity index (χ0) is 33.8. The molecule has 5 rings (SSSR count). The van der Waals surface area contributed by atoms with Crippen molar-refractivity contribution in [1.82, 2.24) is 4.90 Å². The number of aliphatic hydroxyl groups excluding tert-OH is 3. The van der Waals surface area contributed by atoms with Crippen molar-refractivity contribution >= 4 is 46.4 Å². The fourth-order valence-corrected chi connectivity index (χ4v) is 5.49. The molecular weight excluding hydrogens is 639 g/mol. The van der Waals surface area contributed by atoms with Crippen LogP contribution >= 0.6 is 11.6 Å². The molecule has 0 saturated carbocycles. The number of hydrogen-bond acceptors (Lipinski definition) is 10. The summed E-state index contributed by atoms with van der Waals surface area (Å²) in [6, 6.07) is 14.1. The van der Waals surface area contributed by atoms with Crippen LogP contribution < -0.4 is 20.3 Å². The molecule has 2 amide bonds. The van der Waals surface area contributed by atoms with E-state index in [4.69, 9.17) is 21.1 Å². The average Bonchev–Trinajstić information content (AvgIpc) is 3.27. The minimum absolute atomic E-state index is 0.0134. The van der Waals surface area contributed by atoms with Gasteiger partial charge in [-0.15, -0.1) is 0 Å². The maximum Gasteiger partial charge on any atom is 0.335 e. The van der Waals surface area contributed by atoms with Gasteiger partial charge in [-0.25, -0.2) is 9.18 Å². The summed E-state index contributed by atoms with van der Waals surface area (Å²) in [6.07, 6.45) is -8.68. The predicted molar refractivity (Wildman–Crippen MR) is 169 cm³/mol. The van der Waals surface area contributed by atoms with Crippen molar-refractivity contribution in [2.45, 2.75) is 37.1 Å². The van der Waals surface area contributed by atoms with Crippen LogP contribution in [-0.2, 0) is 9.53 Å². The topological polar surface area (TPSA) is 181 Å². The number of carboxylic acids is 1. The van der Waals surface area contributed by atoms with Crippen molar-refractivity contribution < 1.29 is 48.7 Å². The van der Waals surface area contributed by atoms with Crippen molar-refractivity contribution in [2.24, 2.45) is 0 Å². The maximum absolute atomic E-state index is 13.6. The smallest absolute Gasteiger partial charge is 0.335 e. The van der Waals surface area contributed by atoms with Gasteiger partial charge in [0.05, 0.1) is 5.69 Å². The molecule has 6 N–H and O–H groups in total. The van der Waals surface area contributed by atoms with Gasteiger partial charge in [0.1, 0.15) is 35.6 Å². The fraction of sp³-hybridized carbons (Fsp3) is 0.344. The van der Waals surface area contributed by atoms with Gasteiger partial charge in [0, 0.05) is 47.5 Å². The highest BCUT2D eigenvalue weighted by Crippen LogP contribution is 2.39. The molecule has 3 aromatic carbocycles. The Bertz CT molecular complexity index is 1610. The van der Waals surface area contributed by atoms with Gasteiger partial charge in [0.25, 0.3) is 11.8 Å². The first-order chi connectivity index (χ1) is 22.4. The number of likely N-dealkylation sites (N-methyl/N-ethyl adjacent to an activating group) is 1. The molecule has 2 saturated heterocycles. The zero-order valence-electron chi connectivity index (χ0n) is 25.2. The summed E-state index contributed by atoms with van der Waals surface area (Å²) in [5.41, 5.74) is 1.04. The van der Waals surface area contributed by atoms with E-state index in [1.165, 1.54) is 24.3 Å². The first-order valence-electron chi connectivity index (χ1n) is 14.8. The zero-order valence-corrected chi connectivity index (χ0v) is 25.9. The monoisotopic (exact) mass is 672 g/mol. The number of aliphatic carboxylic acids is 1. The lowest BCUT2D eigenvalue weighted by Crippen LogP contribution is -2.61. The lowest BCUT2D eigenvalue weighted by Gasteiger charge is -2.38. The molecule has 5 atom stereocenters. The second kappa shape index (κ2) is 14.6. The van der Waals surface area contributed by atoms with E-state index >= 15 is 0 Å². The van der Waals surface area contributed by atoms with Crippen molar-refractivity contribution in [3.8, 4) is 5.75 Å². The van der Waals surface area contributed by atoms with Gasteiger partial charge in [0.2, 0.25) is 6.29 Å². The highest BCUT2D eigenvalue weighted by Gasteiger charge is 2.48. The van der Waals surface area contributed by atoms with E-state index in [9.17, 15) is 39.2 Å². The first-order valence-corrected chi connectivity index (χ1v) is 15.1. The van der Waals surface area contributed by atoms with Gasteiger partial charge in [-0.1, -0.05) is 11.6 Å². The van der Waals surface area contributed by atoms with Gasteiger partial charge in [-0.05, 0) is 74.6 Å². The SMILES string of the molecule is CN1CCCN(c2ccc(C(=O)Nc3c(NC(=O)c4ccc(F)cc4)cc(Cl)cc3O[C@@H]3O[C@H](C(=O)O)[C@@H](O)[C@H](O)[C@H]3O)cc2)CC1. The third kappa shape index (κ3) is 7.99. The molecule has 2 aliphatic heterocycles. The summed E-state index contributed by atoms with van der Waals surface area (Å²) < 4.78 is 24.5. The Morgan fingerprint density at radius 2 is 1.51 bits per heavy atom. The number of anilines is 3. The highest BCUT2D eigenvalue weighted by molar-refractivity contribution is 6.31. The van der Waals surface area contributed by atoms with Crippen molar-refractivity contribution in [2.75, 3.05) is 48.8 Å². The third-order valence-electron chi connectivity index (χ3n) is 7.93. The van der Waals surface area contributed by atoms with Crippen LogP contribution in [0.4, 0.5) is 21.5 Å². The van der Waals surface area contributed by atoms with E-state index < -0.39 is 54.3 Å². The second-order valence-corrected chi connectivity index (χ2v) is 11.7. The number of carbonyl (C=O) groups excluding carboxylic acids is 2. The summed E-state index contributed by atoms with van der Waals surface area (Å²) in [5, 5.41) is 45.6. The Morgan fingerprint density at radius 3 is 2.17 bits per heavy atom. The standard InChI is InChI=1S/C32H34ClFN4O9/c1-37-11-2-12-38(14-13-37)21-9-5-18(6-10-21)30(43)36-24-22(35-29(42)17-3-7-20(34)8-4-17)15-19(33)16-23(24)46-32-27(41)25(39)26(40)28(47-32)31(44)45/h3-10,15-16,25-28,32,39-41H,2,11-14H2,1H3,(H,35,42)(H,36,43)(H,44,45)/t25-,26-,27+,28-,32+/m0/s1. The molecule has 0 bridgehead atoms. The predicted octanol–water partition coefficient (Wildman–Crippen LogP) is 2.40. The van der Waals surface area contributed by atoms with Gasteiger partial charge in [-0.3, -0.25) is 9.59 Å². The number of nitrogens with zero attached hydrogens (tertiary/aromatic N) is 2. The van der Waals surface area contributed by atoms with Gasteiger partial charge in [0.15, 0.2) is 6.10 Å². The van der Waals surface area contributed by atoms with Crippen molar-refractivity contribution in [3.05, 3.63) is 82.6 Å². The van der Waals surface area contributed by atoms with Crippen LogP contribution in [0, 0.1) is 5.82 Å². The van der Waals surface area contributed by atoms with Crippen LogP contribution in [0.1, 0.15) is 27.1 Å². The third-order valence-corrected chi connectivity index (χ3v) is 8.15. The molecule has 0 radical (unpaired) electrons. The Balaban J connectivity index is 1.46. The number of benzene rings is 3. The number of carboxylic acid groups (broad SMARTS) is 1. The summed E-state index contributed by atoms with van der Waals surface area (Å²) in [4.78, 5) is 42.8. The molecule has 0 aromatic heterocycles. The van der Waals surface area contributed by atoms with Crippen LogP contribution in [-0.4, -0.2) is 107 Å². The molecular formula is C32H34ClFN4O9. The van der Waals surface area contributed by atoms with Gasteiger partial charge >= 0.3 is 5.97 Å². The lowest BCUT2D eigenvalue weighted by atomic mass is 9.99. The molecule has 3 aromatic rings. The van der Waals surface area contributed by atoms with E-state index in [0.717, 1.165) is 50.4 Å². The largest absolute Gasteiger partial charge is 0.479 e. The van der Waals surface area contributed by atoms with E-state index in [0.29, 0.717) is 0 Å². The van der Waals surface area contributed by atoms with Crippen molar-refractivity contribution in [3.63, 3.8) is 0 Å². The lowest BCUT2D eigenvalue weighted by molar-refractivity contribution is -0.271. The number of halogens is 2. The highest BCUT2D eigenvalue weighted by atomic mass is 35.5. The fourth-order valence-electron chi connectivity index (χ4n) is 5.29. The molecule has 250 valence electrons. The summed E-state index contributed by atoms with van der Waals surface area (Å²) in [7, 11) is 2.07. The minimum Gasteiger partial charge on any atom is -0.479 e. The molecule has 13 nitrogen and oxygen atoms in total. The number of carbonyl (C=O) groups is 3. The Labute approximate surface area is 274 Å². The number of rotatable bonds is 8.